The molecule has 3 heterocycles. The number of nitrogens with zero attached hydrogens (tertiary/aromatic N) is 3. The van der Waals surface area contributed by atoms with Crippen LogP contribution in [-0.4, -0.2) is 38.3 Å². The number of aliphatic hydroxyl groups excluding tert-OH is 1. The van der Waals surface area contributed by atoms with Crippen molar-refractivity contribution in [2.24, 2.45) is 0 Å². The van der Waals surface area contributed by atoms with Gasteiger partial charge in [0, 0.05) is 18.8 Å². The summed E-state index contributed by atoms with van der Waals surface area (Å²) in [6, 6.07) is 3.68. The quantitative estimate of drug-likeness (QED) is 0.730. The molecule has 0 saturated carbocycles. The van der Waals surface area contributed by atoms with Crippen molar-refractivity contribution in [3.63, 3.8) is 0 Å². The highest BCUT2D eigenvalue weighted by atomic mass is 19.4. The van der Waals surface area contributed by atoms with E-state index < -0.39 is 23.8 Å². The second kappa shape index (κ2) is 6.23. The summed E-state index contributed by atoms with van der Waals surface area (Å²) in [5.41, 5.74) is -0.654. The average molecular weight is 378 g/mol. The highest BCUT2D eigenvalue weighted by Gasteiger charge is 2.37. The first-order chi connectivity index (χ1) is 12.9. The lowest BCUT2D eigenvalue weighted by molar-refractivity contribution is -0.137. The zero-order valence-corrected chi connectivity index (χ0v) is 13.7. The maximum atomic E-state index is 13.5. The zero-order chi connectivity index (χ0) is 19.2. The molecule has 10 heteroatoms. The maximum Gasteiger partial charge on any atom is 0.418 e. The molecule has 2 N–H and O–H groups in total. The van der Waals surface area contributed by atoms with Crippen molar-refractivity contribution in [3.05, 3.63) is 53.5 Å². The molecule has 1 amide bonds. The second-order valence-corrected chi connectivity index (χ2v) is 6.03. The number of hydrogen-bond acceptors (Lipinski definition) is 5. The third kappa shape index (κ3) is 3.08. The van der Waals surface area contributed by atoms with E-state index in [0.717, 1.165) is 6.07 Å². The first kappa shape index (κ1) is 17.3. The Morgan fingerprint density at radius 2 is 2.22 bits per heavy atom. The minimum atomic E-state index is -4.70. The number of benzene rings is 1. The Balaban J connectivity index is 1.72. The number of fused-ring (bicyclic) bond motifs is 2. The smallest absolute Gasteiger partial charge is 0.418 e. The third-order valence-electron chi connectivity index (χ3n) is 4.22. The van der Waals surface area contributed by atoms with Crippen LogP contribution in [0.25, 0.3) is 5.65 Å². The lowest BCUT2D eigenvalue weighted by Gasteiger charge is -2.15. The van der Waals surface area contributed by atoms with Crippen molar-refractivity contribution in [3.8, 4) is 5.75 Å². The highest BCUT2D eigenvalue weighted by molar-refractivity contribution is 6.08. The zero-order valence-electron chi connectivity index (χ0n) is 13.7. The van der Waals surface area contributed by atoms with E-state index in [1.807, 2.05) is 0 Å². The molecule has 1 aromatic carbocycles. The van der Waals surface area contributed by atoms with Crippen LogP contribution in [0.1, 0.15) is 21.5 Å². The molecule has 1 aliphatic heterocycles. The van der Waals surface area contributed by atoms with Crippen LogP contribution >= 0.6 is 0 Å². The van der Waals surface area contributed by atoms with E-state index >= 15 is 0 Å². The molecule has 0 saturated heterocycles. The van der Waals surface area contributed by atoms with Crippen molar-refractivity contribution in [2.45, 2.75) is 18.7 Å². The molecule has 0 bridgehead atoms. The fourth-order valence-corrected chi connectivity index (χ4v) is 2.98. The number of aromatic nitrogens is 3. The van der Waals surface area contributed by atoms with Crippen molar-refractivity contribution in [1.29, 1.82) is 0 Å². The molecule has 1 aliphatic rings. The number of ether oxygens (including phenoxy) is 1. The summed E-state index contributed by atoms with van der Waals surface area (Å²) >= 11 is 0. The predicted octanol–water partition coefficient (Wildman–Crippen LogP) is 2.30. The van der Waals surface area contributed by atoms with Crippen LogP contribution < -0.4 is 10.1 Å². The number of alkyl halides is 3. The van der Waals surface area contributed by atoms with Crippen LogP contribution in [0.3, 0.4) is 0 Å². The van der Waals surface area contributed by atoms with Gasteiger partial charge in [-0.2, -0.15) is 18.3 Å². The number of nitrogens with one attached hydrogen (secondary N) is 1. The van der Waals surface area contributed by atoms with E-state index in [1.165, 1.54) is 23.0 Å². The Morgan fingerprint density at radius 1 is 1.41 bits per heavy atom. The maximum absolute atomic E-state index is 13.5. The Kier molecular flexibility index (Phi) is 3.99. The van der Waals surface area contributed by atoms with Gasteiger partial charge in [0.05, 0.1) is 24.1 Å². The van der Waals surface area contributed by atoms with Crippen molar-refractivity contribution >= 4 is 17.2 Å². The van der Waals surface area contributed by atoms with Crippen LogP contribution in [0, 0.1) is 0 Å². The van der Waals surface area contributed by atoms with E-state index in [-0.39, 0.29) is 35.7 Å². The van der Waals surface area contributed by atoms with Crippen molar-refractivity contribution < 1.29 is 27.8 Å². The summed E-state index contributed by atoms with van der Waals surface area (Å²) in [7, 11) is 0. The molecule has 1 atom stereocenters. The van der Waals surface area contributed by atoms with Gasteiger partial charge in [-0.25, -0.2) is 9.50 Å². The van der Waals surface area contributed by atoms with Gasteiger partial charge in [0.25, 0.3) is 5.91 Å². The number of aliphatic hydroxyl groups is 1. The Hall–Kier alpha value is -3.14. The van der Waals surface area contributed by atoms with Gasteiger partial charge in [-0.15, -0.1) is 0 Å². The minimum Gasteiger partial charge on any atom is -0.487 e. The standard InChI is InChI=1S/C17H13F3N4O3/c18-17(19,20)12-6-14-9(4-10(8-25)27-14)5-13(12)23-16(26)11-7-22-24-3-1-2-21-15(11)24/h1-3,5-7,10,25H,4,8H2,(H,23,26). The summed E-state index contributed by atoms with van der Waals surface area (Å²) in [4.78, 5) is 16.6. The number of hydrogen-bond donors (Lipinski definition) is 2. The van der Waals surface area contributed by atoms with Gasteiger partial charge in [0.2, 0.25) is 0 Å². The lowest BCUT2D eigenvalue weighted by atomic mass is 10.0. The average Bonchev–Trinajstić information content (AvgIpc) is 3.23. The van der Waals surface area contributed by atoms with E-state index in [4.69, 9.17) is 4.74 Å². The molecule has 4 rings (SSSR count). The third-order valence-corrected chi connectivity index (χ3v) is 4.22. The molecular weight excluding hydrogens is 365 g/mol. The first-order valence-corrected chi connectivity index (χ1v) is 7.98. The molecule has 0 spiro atoms. The molecule has 1 unspecified atom stereocenters. The van der Waals surface area contributed by atoms with Gasteiger partial charge in [-0.3, -0.25) is 4.79 Å². The Labute approximate surface area is 150 Å². The molecule has 0 radical (unpaired) electrons. The summed E-state index contributed by atoms with van der Waals surface area (Å²) in [6.45, 7) is -0.314. The molecule has 7 nitrogen and oxygen atoms in total. The van der Waals surface area contributed by atoms with Gasteiger partial charge in [-0.1, -0.05) is 0 Å². The number of carbonyl (C=O) groups excluding carboxylic acids is 1. The van der Waals surface area contributed by atoms with Gasteiger partial charge in [-0.05, 0) is 23.8 Å². The van der Waals surface area contributed by atoms with Crippen LogP contribution in [0.5, 0.6) is 5.75 Å². The molecular formula is C17H13F3N4O3. The lowest BCUT2D eigenvalue weighted by Crippen LogP contribution is -2.17. The molecule has 2 aromatic heterocycles. The van der Waals surface area contributed by atoms with Crippen LogP contribution in [0.2, 0.25) is 0 Å². The fourth-order valence-electron chi connectivity index (χ4n) is 2.98. The Bertz CT molecular complexity index is 1030. The number of anilines is 1. The number of carbonyl (C=O) groups is 1. The summed E-state index contributed by atoms with van der Waals surface area (Å²) < 4.78 is 47.0. The minimum absolute atomic E-state index is 0.0497. The number of halogens is 3. The molecule has 27 heavy (non-hydrogen) atoms. The van der Waals surface area contributed by atoms with Crippen LogP contribution in [0.15, 0.2) is 36.8 Å². The SMILES string of the molecule is O=C(Nc1cc2c(cc1C(F)(F)F)OC(CO)C2)c1cnn2cccnc12. The Morgan fingerprint density at radius 3 is 2.96 bits per heavy atom. The first-order valence-electron chi connectivity index (χ1n) is 7.98. The van der Waals surface area contributed by atoms with E-state index in [9.17, 15) is 23.1 Å². The summed E-state index contributed by atoms with van der Waals surface area (Å²) in [5.74, 6) is -0.705. The highest BCUT2D eigenvalue weighted by Crippen LogP contribution is 2.41. The second-order valence-electron chi connectivity index (χ2n) is 6.03. The van der Waals surface area contributed by atoms with Gasteiger partial charge < -0.3 is 15.2 Å². The summed E-state index contributed by atoms with van der Waals surface area (Å²) in [6.07, 6.45) is -0.777. The normalized spacial score (nSPS) is 16.2. The summed E-state index contributed by atoms with van der Waals surface area (Å²) in [5, 5.41) is 15.4. The topological polar surface area (TPSA) is 88.8 Å². The van der Waals surface area contributed by atoms with Crippen molar-refractivity contribution in [1.82, 2.24) is 14.6 Å². The van der Waals surface area contributed by atoms with Gasteiger partial charge >= 0.3 is 6.18 Å². The fraction of sp³-hybridized carbons (Fsp3) is 0.235. The van der Waals surface area contributed by atoms with Crippen LogP contribution in [0.4, 0.5) is 18.9 Å². The predicted molar refractivity (Wildman–Crippen MR) is 87.6 cm³/mol. The molecule has 0 aliphatic carbocycles. The van der Waals surface area contributed by atoms with Gasteiger partial charge in [0.15, 0.2) is 5.65 Å². The molecule has 3 aromatic rings. The number of rotatable bonds is 3. The van der Waals surface area contributed by atoms with Crippen LogP contribution in [-0.2, 0) is 12.6 Å². The van der Waals surface area contributed by atoms with E-state index in [2.05, 4.69) is 15.4 Å². The van der Waals surface area contributed by atoms with Crippen molar-refractivity contribution in [2.75, 3.05) is 11.9 Å². The molecule has 140 valence electrons. The number of amides is 1. The van der Waals surface area contributed by atoms with E-state index in [0.29, 0.717) is 5.56 Å². The van der Waals surface area contributed by atoms with Gasteiger partial charge in [0.1, 0.15) is 17.4 Å². The molecule has 0 fully saturated rings. The largest absolute Gasteiger partial charge is 0.487 e. The monoisotopic (exact) mass is 378 g/mol. The van der Waals surface area contributed by atoms with E-state index in [1.54, 1.807) is 12.3 Å².